The molecule has 4 heteroatoms. The van der Waals surface area contributed by atoms with Crippen molar-refractivity contribution in [2.24, 2.45) is 0 Å². The molecule has 86 heavy (non-hydrogen) atoms. The Morgan fingerprint density at radius 2 is 0.465 bits per heavy atom. The molecule has 8 unspecified atom stereocenters. The summed E-state index contributed by atoms with van der Waals surface area (Å²) in [5.74, 6) is 4.27. The van der Waals surface area contributed by atoms with Gasteiger partial charge in [0.2, 0.25) is 0 Å². The lowest BCUT2D eigenvalue weighted by atomic mass is 9.63. The fourth-order valence-corrected chi connectivity index (χ4v) is 20.4. The molecule has 4 aliphatic heterocycles. The number of hydrogen-bond donors (Lipinski definition) is 0. The van der Waals surface area contributed by atoms with Gasteiger partial charge in [0.05, 0.1) is 0 Å². The van der Waals surface area contributed by atoms with E-state index in [9.17, 15) is 0 Å². The highest BCUT2D eigenvalue weighted by Gasteiger charge is 2.59. The number of fused-ring (bicyclic) bond motifs is 18. The molecule has 0 N–H and O–H groups in total. The summed E-state index contributed by atoms with van der Waals surface area (Å²) >= 11 is 0. The van der Waals surface area contributed by atoms with Crippen molar-refractivity contribution in [2.75, 3.05) is 0 Å². The maximum Gasteiger partial charge on any atom is 0.124 e. The Bertz CT molecular complexity index is 4240. The molecule has 4 nitrogen and oxygen atoms in total. The summed E-state index contributed by atoms with van der Waals surface area (Å²) in [6, 6.07) is 53.6. The van der Waals surface area contributed by atoms with Gasteiger partial charge >= 0.3 is 0 Å². The molecule has 4 saturated carbocycles. The van der Waals surface area contributed by atoms with E-state index in [0.717, 1.165) is 74.4 Å². The molecule has 11 aromatic rings. The molecule has 0 amide bonds. The monoisotopic (exact) mass is 1130 g/mol. The zero-order valence-corrected chi connectivity index (χ0v) is 51.6. The van der Waals surface area contributed by atoms with E-state index in [1.807, 2.05) is 0 Å². The highest BCUT2D eigenvalue weighted by Crippen LogP contribution is 2.63. The van der Waals surface area contributed by atoms with Crippen molar-refractivity contribution in [1.82, 2.24) is 0 Å². The van der Waals surface area contributed by atoms with Crippen LogP contribution in [0.2, 0.25) is 0 Å². The minimum absolute atomic E-state index is 0.0369. The fourth-order valence-electron chi connectivity index (χ4n) is 20.4. The van der Waals surface area contributed by atoms with Gasteiger partial charge in [-0.15, -0.1) is 0 Å². The van der Waals surface area contributed by atoms with E-state index in [1.165, 1.54) is 183 Å². The van der Waals surface area contributed by atoms with E-state index in [2.05, 4.69) is 189 Å². The molecule has 11 aromatic carbocycles. The standard InChI is InChI=1S/C82H78O4/c1-75-33-9-13-37-79(75,5)83-67-29-17-47(41-63(67)75)51-21-25-55-59-45-61-57-27-23-53(49-19-31-69-65(43-49)77(3)35-11-15-39-81(77,7)85-69)72-54(50-20-32-70-66(44-50)78(4)36-12-16-40-82(78,8)86-70)24-28-58(74(57)72)62(61)46-60(59)56-26-22-52(71(51)73(55)56)48-18-30-68-64(42-48)76(2)34-10-14-38-80(76,6)84-68/h17-32,41-46H,9-16,33-40H2,1-8H3. The van der Waals surface area contributed by atoms with Gasteiger partial charge in [0.25, 0.3) is 0 Å². The van der Waals surface area contributed by atoms with Crippen molar-refractivity contribution in [3.05, 3.63) is 156 Å². The molecule has 4 aliphatic carbocycles. The van der Waals surface area contributed by atoms with E-state index in [-0.39, 0.29) is 44.1 Å². The van der Waals surface area contributed by atoms with Gasteiger partial charge < -0.3 is 18.9 Å². The molecular weight excluding hydrogens is 1050 g/mol. The van der Waals surface area contributed by atoms with Gasteiger partial charge in [-0.3, -0.25) is 0 Å². The second kappa shape index (κ2) is 16.4. The molecule has 8 aliphatic rings. The van der Waals surface area contributed by atoms with E-state index in [1.54, 1.807) is 0 Å². The summed E-state index contributed by atoms with van der Waals surface area (Å²) in [7, 11) is 0. The van der Waals surface area contributed by atoms with Crippen LogP contribution >= 0.6 is 0 Å². The number of hydrogen-bond acceptors (Lipinski definition) is 4. The minimum atomic E-state index is -0.191. The number of rotatable bonds is 4. The summed E-state index contributed by atoms with van der Waals surface area (Å²) in [6.07, 6.45) is 18.8. The van der Waals surface area contributed by atoms with Crippen molar-refractivity contribution >= 4 is 64.6 Å². The van der Waals surface area contributed by atoms with Crippen LogP contribution < -0.4 is 18.9 Å². The highest BCUT2D eigenvalue weighted by molar-refractivity contribution is 6.40. The highest BCUT2D eigenvalue weighted by atomic mass is 16.5. The quantitative estimate of drug-likeness (QED) is 0.176. The second-order valence-electron chi connectivity index (χ2n) is 30.4. The van der Waals surface area contributed by atoms with Gasteiger partial charge in [0, 0.05) is 43.9 Å². The molecule has 4 heterocycles. The first kappa shape index (κ1) is 50.8. The zero-order valence-electron chi connectivity index (χ0n) is 51.6. The summed E-state index contributed by atoms with van der Waals surface area (Å²) in [5.41, 5.74) is 14.8. The maximum atomic E-state index is 6.97. The van der Waals surface area contributed by atoms with E-state index in [0.29, 0.717) is 0 Å². The van der Waals surface area contributed by atoms with Crippen LogP contribution in [-0.4, -0.2) is 22.4 Å². The summed E-state index contributed by atoms with van der Waals surface area (Å²) < 4.78 is 27.9. The molecule has 430 valence electrons. The van der Waals surface area contributed by atoms with Crippen LogP contribution in [0.25, 0.3) is 109 Å². The van der Waals surface area contributed by atoms with Gasteiger partial charge in [-0.1, -0.05) is 126 Å². The van der Waals surface area contributed by atoms with Crippen molar-refractivity contribution in [1.29, 1.82) is 0 Å². The van der Waals surface area contributed by atoms with Gasteiger partial charge in [-0.2, -0.15) is 0 Å². The molecule has 0 saturated heterocycles. The zero-order chi connectivity index (χ0) is 57.9. The third-order valence-corrected chi connectivity index (χ3v) is 26.5. The summed E-state index contributed by atoms with van der Waals surface area (Å²) in [5, 5.41) is 16.0. The smallest absolute Gasteiger partial charge is 0.124 e. The van der Waals surface area contributed by atoms with Crippen LogP contribution in [0, 0.1) is 0 Å². The average molecular weight is 1130 g/mol. The van der Waals surface area contributed by atoms with Crippen LogP contribution in [0.5, 0.6) is 23.0 Å². The maximum absolute atomic E-state index is 6.97. The van der Waals surface area contributed by atoms with Crippen LogP contribution in [0.15, 0.2) is 133 Å². The molecule has 4 fully saturated rings. The van der Waals surface area contributed by atoms with E-state index < -0.39 is 0 Å². The Labute approximate surface area is 506 Å². The molecule has 0 radical (unpaired) electrons. The summed E-state index contributed by atoms with van der Waals surface area (Å²) in [4.78, 5) is 0. The lowest BCUT2D eigenvalue weighted by Gasteiger charge is -2.43. The summed E-state index contributed by atoms with van der Waals surface area (Å²) in [6.45, 7) is 19.4. The molecule has 0 bridgehead atoms. The number of benzene rings is 9. The first-order chi connectivity index (χ1) is 41.5. The van der Waals surface area contributed by atoms with Crippen molar-refractivity contribution in [3.8, 4) is 67.5 Å². The third kappa shape index (κ3) is 6.09. The Balaban J connectivity index is 0.846. The molecule has 19 rings (SSSR count). The van der Waals surface area contributed by atoms with Crippen LogP contribution in [0.1, 0.15) is 180 Å². The predicted octanol–water partition coefficient (Wildman–Crippen LogP) is 22.1. The van der Waals surface area contributed by atoms with Crippen molar-refractivity contribution in [2.45, 2.75) is 202 Å². The average Bonchev–Trinajstić information content (AvgIpc) is 1.59. The third-order valence-electron chi connectivity index (χ3n) is 26.5. The Hall–Kier alpha value is -7.30. The largest absolute Gasteiger partial charge is 0.486 e. The fraction of sp³-hybridized carbons (Fsp3) is 0.390. The van der Waals surface area contributed by atoms with Crippen LogP contribution in [0.4, 0.5) is 0 Å². The van der Waals surface area contributed by atoms with Gasteiger partial charge in [-0.25, -0.2) is 0 Å². The minimum Gasteiger partial charge on any atom is -0.486 e. The lowest BCUT2D eigenvalue weighted by Crippen LogP contribution is -2.49. The van der Waals surface area contributed by atoms with E-state index >= 15 is 0 Å². The van der Waals surface area contributed by atoms with Gasteiger partial charge in [0.1, 0.15) is 45.4 Å². The van der Waals surface area contributed by atoms with Crippen molar-refractivity contribution in [3.63, 3.8) is 0 Å². The Morgan fingerprint density at radius 1 is 0.233 bits per heavy atom. The lowest BCUT2D eigenvalue weighted by molar-refractivity contribution is 0.00727. The first-order valence-electron chi connectivity index (χ1n) is 33.2. The number of ether oxygens (including phenoxy) is 4. The Kier molecular flexibility index (Phi) is 9.72. The molecule has 0 spiro atoms. The predicted molar refractivity (Wildman–Crippen MR) is 355 cm³/mol. The van der Waals surface area contributed by atoms with Gasteiger partial charge in [-0.05, 0) is 275 Å². The van der Waals surface area contributed by atoms with Crippen LogP contribution in [0.3, 0.4) is 0 Å². The van der Waals surface area contributed by atoms with Crippen LogP contribution in [-0.2, 0) is 21.7 Å². The van der Waals surface area contributed by atoms with E-state index in [4.69, 9.17) is 18.9 Å². The Morgan fingerprint density at radius 3 is 0.709 bits per heavy atom. The second-order valence-corrected chi connectivity index (χ2v) is 30.4. The normalized spacial score (nSPS) is 31.3. The first-order valence-corrected chi connectivity index (χ1v) is 33.2. The van der Waals surface area contributed by atoms with Gasteiger partial charge in [0.15, 0.2) is 0 Å². The SMILES string of the molecule is CC12CCCCC1(C)c1cc(-c3ccc4c5cc6c(cc5c5ccc(-c7ccc8c(c7)C7(C)CCCCC7(C)O8)c3c45)c3ccc(-c4ccc5c(c4)C4(C)CCCCC4(C)O5)c4c(-c5ccc7c(c5)C5(C)CCCCC5(C)O7)ccc6c43)ccc1O2. The molecular formula is C82H78O4. The topological polar surface area (TPSA) is 36.9 Å². The molecule has 8 atom stereocenters. The molecule has 0 aromatic heterocycles. The van der Waals surface area contributed by atoms with Crippen molar-refractivity contribution < 1.29 is 18.9 Å².